The van der Waals surface area contributed by atoms with Crippen LogP contribution in [-0.4, -0.2) is 37.5 Å². The van der Waals surface area contributed by atoms with Crippen molar-refractivity contribution in [3.8, 4) is 11.3 Å². The number of anilines is 2. The minimum absolute atomic E-state index is 0.104. The van der Waals surface area contributed by atoms with Crippen LogP contribution in [0.25, 0.3) is 17.0 Å². The van der Waals surface area contributed by atoms with Crippen molar-refractivity contribution in [1.29, 1.82) is 0 Å². The van der Waals surface area contributed by atoms with Crippen LogP contribution in [0, 0.1) is 6.92 Å². The third-order valence-corrected chi connectivity index (χ3v) is 4.57. The number of hydrogen-bond acceptors (Lipinski definition) is 7. The molecule has 2 amide bonds. The highest BCUT2D eigenvalue weighted by Gasteiger charge is 2.15. The number of benzene rings is 1. The number of imidazole rings is 1. The van der Waals surface area contributed by atoms with Gasteiger partial charge in [0.25, 0.3) is 5.91 Å². The molecule has 0 fully saturated rings. The first-order valence-electron chi connectivity index (χ1n) is 9.64. The lowest BCUT2D eigenvalue weighted by atomic mass is 10.1. The average molecular weight is 455 g/mol. The van der Waals surface area contributed by atoms with Gasteiger partial charge in [0.05, 0.1) is 34.9 Å². The largest absolute Gasteiger partial charge is 0.447 e. The summed E-state index contributed by atoms with van der Waals surface area (Å²) in [6.07, 6.45) is 5.40. The van der Waals surface area contributed by atoms with Crippen LogP contribution in [0.4, 0.5) is 16.2 Å². The number of nitrogens with one attached hydrogen (secondary N) is 2. The predicted molar refractivity (Wildman–Crippen MR) is 118 cm³/mol. The first kappa shape index (κ1) is 21.3. The molecule has 4 rings (SSSR count). The van der Waals surface area contributed by atoms with Crippen LogP contribution in [0.1, 0.15) is 30.3 Å². The lowest BCUT2D eigenvalue weighted by Crippen LogP contribution is -2.18. The summed E-state index contributed by atoms with van der Waals surface area (Å²) in [5.74, 6) is 0.479. The highest BCUT2D eigenvalue weighted by atomic mass is 35.5. The van der Waals surface area contributed by atoms with Crippen molar-refractivity contribution >= 4 is 40.8 Å². The Balaban J connectivity index is 1.58. The zero-order valence-electron chi connectivity index (χ0n) is 17.4. The number of nitrogens with zero attached hydrogens (tertiary/aromatic N) is 4. The van der Waals surface area contributed by atoms with Gasteiger partial charge in [0.2, 0.25) is 11.5 Å². The number of fused-ring (bicyclic) bond motifs is 1. The Kier molecular flexibility index (Phi) is 5.78. The smallest absolute Gasteiger partial charge is 0.411 e. The molecule has 0 bridgehead atoms. The summed E-state index contributed by atoms with van der Waals surface area (Å²) >= 11 is 6.38. The summed E-state index contributed by atoms with van der Waals surface area (Å²) in [5.41, 5.74) is 2.09. The molecule has 0 radical (unpaired) electrons. The van der Waals surface area contributed by atoms with Gasteiger partial charge in [0, 0.05) is 30.6 Å². The van der Waals surface area contributed by atoms with Crippen LogP contribution >= 0.6 is 11.6 Å². The van der Waals surface area contributed by atoms with E-state index in [2.05, 4.69) is 25.6 Å². The Morgan fingerprint density at radius 2 is 1.94 bits per heavy atom. The van der Waals surface area contributed by atoms with Crippen molar-refractivity contribution < 1.29 is 18.7 Å². The Morgan fingerprint density at radius 1 is 1.12 bits per heavy atom. The number of aryl methyl sites for hydroxylation is 1. The molecule has 0 unspecified atom stereocenters. The number of carbonyl (C=O) groups is 2. The van der Waals surface area contributed by atoms with Gasteiger partial charge in [-0.2, -0.15) is 0 Å². The molecule has 11 heteroatoms. The molecular weight excluding hydrogens is 436 g/mol. The van der Waals surface area contributed by atoms with E-state index in [-0.39, 0.29) is 11.9 Å². The maximum Gasteiger partial charge on any atom is 0.411 e. The van der Waals surface area contributed by atoms with E-state index in [4.69, 9.17) is 20.8 Å². The number of amides is 2. The summed E-state index contributed by atoms with van der Waals surface area (Å²) < 4.78 is 12.0. The first-order chi connectivity index (χ1) is 15.3. The standard InChI is InChI=1S/C21H19ClN6O4/c1-11(2)31-21(30)26-14-7-24-20-27-17(10-28(20)9-14)15-6-13(4-5-16(15)22)25-19(29)18-8-23-12(3)32-18/h4-11H,1-3H3,(H,25,29)(H,26,30). The fourth-order valence-corrected chi connectivity index (χ4v) is 3.11. The first-order valence-corrected chi connectivity index (χ1v) is 10.0. The van der Waals surface area contributed by atoms with Crippen LogP contribution in [0.2, 0.25) is 5.02 Å². The normalized spacial score (nSPS) is 11.0. The Hall–Kier alpha value is -3.92. The highest BCUT2D eigenvalue weighted by molar-refractivity contribution is 6.33. The quantitative estimate of drug-likeness (QED) is 0.453. The van der Waals surface area contributed by atoms with Gasteiger partial charge in [-0.1, -0.05) is 11.6 Å². The van der Waals surface area contributed by atoms with Crippen LogP contribution in [0.3, 0.4) is 0 Å². The van der Waals surface area contributed by atoms with Gasteiger partial charge in [-0.3, -0.25) is 14.5 Å². The Morgan fingerprint density at radius 3 is 2.66 bits per heavy atom. The predicted octanol–water partition coefficient (Wildman–Crippen LogP) is 4.56. The molecule has 2 N–H and O–H groups in total. The molecule has 32 heavy (non-hydrogen) atoms. The summed E-state index contributed by atoms with van der Waals surface area (Å²) in [7, 11) is 0. The number of oxazole rings is 1. The van der Waals surface area contributed by atoms with Crippen molar-refractivity contribution in [2.45, 2.75) is 26.9 Å². The molecule has 3 aromatic heterocycles. The topological polar surface area (TPSA) is 124 Å². The van der Waals surface area contributed by atoms with Gasteiger partial charge in [-0.05, 0) is 32.0 Å². The maximum absolute atomic E-state index is 12.3. The number of ether oxygens (including phenoxy) is 1. The summed E-state index contributed by atoms with van der Waals surface area (Å²) in [6, 6.07) is 5.03. The maximum atomic E-state index is 12.3. The number of carbonyl (C=O) groups excluding carboxylic acids is 2. The second-order valence-corrected chi connectivity index (χ2v) is 7.55. The molecule has 164 valence electrons. The molecule has 0 spiro atoms. The molecule has 0 aliphatic carbocycles. The molecule has 1 aromatic carbocycles. The van der Waals surface area contributed by atoms with Crippen molar-refractivity contribution in [1.82, 2.24) is 19.4 Å². The van der Waals surface area contributed by atoms with Gasteiger partial charge in [0.1, 0.15) is 0 Å². The fourth-order valence-electron chi connectivity index (χ4n) is 2.90. The van der Waals surface area contributed by atoms with E-state index in [0.29, 0.717) is 39.3 Å². The Labute approximate surface area is 187 Å². The van der Waals surface area contributed by atoms with Crippen molar-refractivity contribution in [3.63, 3.8) is 0 Å². The average Bonchev–Trinajstić information content (AvgIpc) is 3.34. The van der Waals surface area contributed by atoms with Crippen molar-refractivity contribution in [2.24, 2.45) is 0 Å². The molecule has 0 saturated carbocycles. The van der Waals surface area contributed by atoms with Gasteiger partial charge < -0.3 is 14.5 Å². The monoisotopic (exact) mass is 454 g/mol. The molecule has 10 nitrogen and oxygen atoms in total. The van der Waals surface area contributed by atoms with E-state index in [1.165, 1.54) is 12.4 Å². The highest BCUT2D eigenvalue weighted by Crippen LogP contribution is 2.30. The molecule has 0 aliphatic heterocycles. The zero-order valence-corrected chi connectivity index (χ0v) is 18.2. The Bertz CT molecular complexity index is 1310. The zero-order chi connectivity index (χ0) is 22.8. The summed E-state index contributed by atoms with van der Waals surface area (Å²) in [6.45, 7) is 5.18. The molecular formula is C21H19ClN6O4. The van der Waals surface area contributed by atoms with E-state index in [1.54, 1.807) is 55.8 Å². The van der Waals surface area contributed by atoms with Crippen LogP contribution in [0.5, 0.6) is 0 Å². The SMILES string of the molecule is Cc1ncc(C(=O)Nc2ccc(Cl)c(-c3cn4cc(NC(=O)OC(C)C)cnc4n3)c2)o1. The second kappa shape index (κ2) is 8.67. The third-order valence-electron chi connectivity index (χ3n) is 4.24. The van der Waals surface area contributed by atoms with Crippen LogP contribution in [0.15, 0.2) is 47.4 Å². The molecule has 3 heterocycles. The second-order valence-electron chi connectivity index (χ2n) is 7.15. The molecule has 4 aromatic rings. The van der Waals surface area contributed by atoms with Crippen molar-refractivity contribution in [2.75, 3.05) is 10.6 Å². The minimum Gasteiger partial charge on any atom is -0.447 e. The van der Waals surface area contributed by atoms with E-state index in [0.717, 1.165) is 0 Å². The minimum atomic E-state index is -0.574. The van der Waals surface area contributed by atoms with E-state index >= 15 is 0 Å². The molecule has 0 saturated heterocycles. The van der Waals surface area contributed by atoms with E-state index in [1.807, 2.05) is 0 Å². The number of halogens is 1. The van der Waals surface area contributed by atoms with E-state index in [9.17, 15) is 9.59 Å². The van der Waals surface area contributed by atoms with E-state index < -0.39 is 12.0 Å². The number of aromatic nitrogens is 4. The number of rotatable bonds is 5. The lowest BCUT2D eigenvalue weighted by Gasteiger charge is -2.09. The van der Waals surface area contributed by atoms with Gasteiger partial charge in [-0.25, -0.2) is 19.7 Å². The summed E-state index contributed by atoms with van der Waals surface area (Å²) in [5, 5.41) is 5.81. The van der Waals surface area contributed by atoms with Gasteiger partial charge >= 0.3 is 6.09 Å². The molecule has 0 atom stereocenters. The number of hydrogen-bond donors (Lipinski definition) is 2. The van der Waals surface area contributed by atoms with Crippen molar-refractivity contribution in [3.05, 3.63) is 59.7 Å². The van der Waals surface area contributed by atoms with Gasteiger partial charge in [-0.15, -0.1) is 0 Å². The fraction of sp³-hybridized carbons (Fsp3) is 0.190. The lowest BCUT2D eigenvalue weighted by molar-refractivity contribution is 0.0995. The molecule has 0 aliphatic rings. The van der Waals surface area contributed by atoms with Crippen LogP contribution in [-0.2, 0) is 4.74 Å². The van der Waals surface area contributed by atoms with Crippen LogP contribution < -0.4 is 10.6 Å². The summed E-state index contributed by atoms with van der Waals surface area (Å²) in [4.78, 5) is 36.8. The third kappa shape index (κ3) is 4.70. The van der Waals surface area contributed by atoms with Gasteiger partial charge in [0.15, 0.2) is 5.89 Å².